The lowest BCUT2D eigenvalue weighted by atomic mass is 9.88. The van der Waals surface area contributed by atoms with E-state index < -0.39 is 6.04 Å². The van der Waals surface area contributed by atoms with Crippen LogP contribution < -0.4 is 10.1 Å². The first-order valence-corrected chi connectivity index (χ1v) is 13.0. The highest BCUT2D eigenvalue weighted by molar-refractivity contribution is 6.42. The minimum Gasteiger partial charge on any atom is -0.496 e. The molecule has 1 aliphatic heterocycles. The number of benzene rings is 3. The molecule has 0 aromatic heterocycles. The van der Waals surface area contributed by atoms with Crippen LogP contribution in [0.2, 0.25) is 10.0 Å². The van der Waals surface area contributed by atoms with E-state index in [1.165, 1.54) is 5.56 Å². The molecule has 5 nitrogen and oxygen atoms in total. The van der Waals surface area contributed by atoms with Gasteiger partial charge in [0.25, 0.3) is 0 Å². The maximum Gasteiger partial charge on any atom is 0.242 e. The predicted octanol–water partition coefficient (Wildman–Crippen LogP) is 6.51. The highest BCUT2D eigenvalue weighted by Crippen LogP contribution is 2.34. The van der Waals surface area contributed by atoms with Gasteiger partial charge in [-0.25, -0.2) is 0 Å². The summed E-state index contributed by atoms with van der Waals surface area (Å²) < 4.78 is 11.5. The number of halogens is 3. The van der Waals surface area contributed by atoms with Crippen LogP contribution in [0.3, 0.4) is 0 Å². The third-order valence-corrected chi connectivity index (χ3v) is 7.36. The van der Waals surface area contributed by atoms with Crippen LogP contribution in [0.4, 0.5) is 0 Å². The van der Waals surface area contributed by atoms with Gasteiger partial charge in [0.2, 0.25) is 5.91 Å². The molecule has 0 spiro atoms. The van der Waals surface area contributed by atoms with Gasteiger partial charge < -0.3 is 14.4 Å². The van der Waals surface area contributed by atoms with Crippen LogP contribution in [0.15, 0.2) is 72.8 Å². The van der Waals surface area contributed by atoms with Crippen molar-refractivity contribution in [3.05, 3.63) is 99.5 Å². The number of nitrogens with one attached hydrogen (secondary N) is 1. The molecule has 0 radical (unpaired) electrons. The van der Waals surface area contributed by atoms with Crippen LogP contribution in [0.25, 0.3) is 0 Å². The van der Waals surface area contributed by atoms with Crippen molar-refractivity contribution in [2.24, 2.45) is 0 Å². The van der Waals surface area contributed by atoms with Gasteiger partial charge in [0.15, 0.2) is 0 Å². The summed E-state index contributed by atoms with van der Waals surface area (Å²) in [7, 11) is 1.71. The summed E-state index contributed by atoms with van der Waals surface area (Å²) in [5.74, 6) is 1.37. The van der Waals surface area contributed by atoms with Gasteiger partial charge in [-0.05, 0) is 53.6 Å². The highest BCUT2D eigenvalue weighted by Gasteiger charge is 2.29. The van der Waals surface area contributed by atoms with E-state index in [4.69, 9.17) is 32.7 Å². The second kappa shape index (κ2) is 14.6. The van der Waals surface area contributed by atoms with Crippen LogP contribution in [-0.4, -0.2) is 43.7 Å². The summed E-state index contributed by atoms with van der Waals surface area (Å²) in [6.45, 7) is 2.61. The van der Waals surface area contributed by atoms with E-state index >= 15 is 0 Å². The van der Waals surface area contributed by atoms with Gasteiger partial charge in [0.1, 0.15) is 11.8 Å². The van der Waals surface area contributed by atoms with Gasteiger partial charge in [0, 0.05) is 19.6 Å². The van der Waals surface area contributed by atoms with Crippen LogP contribution >= 0.6 is 35.6 Å². The molecule has 1 N–H and O–H groups in total. The first-order valence-electron chi connectivity index (χ1n) is 12.3. The number of likely N-dealkylation sites (tertiary alicyclic amines) is 1. The van der Waals surface area contributed by atoms with Crippen molar-refractivity contribution in [3.8, 4) is 5.75 Å². The Labute approximate surface area is 235 Å². The van der Waals surface area contributed by atoms with Crippen molar-refractivity contribution in [1.29, 1.82) is 0 Å². The molecule has 1 aliphatic rings. The smallest absolute Gasteiger partial charge is 0.242 e. The fraction of sp³-hybridized carbons (Fsp3) is 0.345. The summed E-state index contributed by atoms with van der Waals surface area (Å²) in [6, 6.07) is 23.2. The van der Waals surface area contributed by atoms with Crippen LogP contribution in [0.1, 0.15) is 35.4 Å². The topological polar surface area (TPSA) is 50.8 Å². The van der Waals surface area contributed by atoms with Crippen molar-refractivity contribution in [1.82, 2.24) is 10.2 Å². The molecule has 3 aromatic rings. The largest absolute Gasteiger partial charge is 0.496 e. The molecule has 3 aromatic carbocycles. The molecular formula is C29H33Cl3N2O3. The maximum atomic E-state index is 13.5. The second-order valence-electron chi connectivity index (χ2n) is 9.02. The Morgan fingerprint density at radius 3 is 2.38 bits per heavy atom. The lowest BCUT2D eigenvalue weighted by molar-refractivity contribution is -0.136. The Morgan fingerprint density at radius 1 is 0.973 bits per heavy atom. The monoisotopic (exact) mass is 562 g/mol. The average Bonchev–Trinajstić information content (AvgIpc) is 2.92. The molecule has 0 bridgehead atoms. The molecule has 1 fully saturated rings. The van der Waals surface area contributed by atoms with Crippen molar-refractivity contribution >= 4 is 41.5 Å². The Kier molecular flexibility index (Phi) is 11.6. The summed E-state index contributed by atoms with van der Waals surface area (Å²) in [6.07, 6.45) is 1.81. The fourth-order valence-corrected chi connectivity index (χ4v) is 4.93. The zero-order valence-corrected chi connectivity index (χ0v) is 23.2. The number of methoxy groups -OCH3 is 1. The number of hydrogen-bond acceptors (Lipinski definition) is 4. The third-order valence-electron chi connectivity index (χ3n) is 6.62. The molecular weight excluding hydrogens is 531 g/mol. The molecule has 0 unspecified atom stereocenters. The van der Waals surface area contributed by atoms with E-state index in [2.05, 4.69) is 11.4 Å². The van der Waals surface area contributed by atoms with E-state index in [9.17, 15) is 4.79 Å². The van der Waals surface area contributed by atoms with Crippen LogP contribution in [0, 0.1) is 0 Å². The fourth-order valence-electron chi connectivity index (χ4n) is 4.61. The zero-order chi connectivity index (χ0) is 25.3. The van der Waals surface area contributed by atoms with Crippen LogP contribution in [0.5, 0.6) is 5.75 Å². The number of carbonyl (C=O) groups excluding carboxylic acids is 1. The quantitative estimate of drug-likeness (QED) is 0.306. The molecule has 0 aliphatic carbocycles. The first kappa shape index (κ1) is 29.3. The molecule has 37 heavy (non-hydrogen) atoms. The maximum absolute atomic E-state index is 13.5. The van der Waals surface area contributed by atoms with Gasteiger partial charge in [-0.15, -0.1) is 12.4 Å². The molecule has 1 saturated heterocycles. The first-order chi connectivity index (χ1) is 17.5. The van der Waals surface area contributed by atoms with E-state index in [-0.39, 0.29) is 24.9 Å². The predicted molar refractivity (Wildman–Crippen MR) is 152 cm³/mol. The van der Waals surface area contributed by atoms with E-state index in [1.807, 2.05) is 59.5 Å². The molecule has 4 rings (SSSR count). The van der Waals surface area contributed by atoms with E-state index in [1.54, 1.807) is 19.2 Å². The Balaban J connectivity index is 0.00000380. The highest BCUT2D eigenvalue weighted by atomic mass is 35.5. The summed E-state index contributed by atoms with van der Waals surface area (Å²) in [4.78, 5) is 15.5. The van der Waals surface area contributed by atoms with Gasteiger partial charge in [-0.2, -0.15) is 0 Å². The summed E-state index contributed by atoms with van der Waals surface area (Å²) in [5.41, 5.74) is 3.25. The SMILES string of the molecule is COc1ccccc1C1CCN(C(=O)[C@H](COCc2ccc(Cl)c(Cl)c2)NCc2ccccc2)CC1.Cl. The zero-order valence-electron chi connectivity index (χ0n) is 20.9. The number of para-hydroxylation sites is 1. The molecule has 1 heterocycles. The van der Waals surface area contributed by atoms with E-state index in [0.29, 0.717) is 42.2 Å². The lowest BCUT2D eigenvalue weighted by Crippen LogP contribution is -2.50. The second-order valence-corrected chi connectivity index (χ2v) is 9.84. The van der Waals surface area contributed by atoms with Crippen LogP contribution in [-0.2, 0) is 22.7 Å². The Bertz CT molecular complexity index is 1140. The molecule has 8 heteroatoms. The van der Waals surface area contributed by atoms with Gasteiger partial charge in [0.05, 0.1) is 30.4 Å². The third kappa shape index (κ3) is 8.10. The number of hydrogen-bond donors (Lipinski definition) is 1. The number of carbonyl (C=O) groups is 1. The molecule has 1 atom stereocenters. The van der Waals surface area contributed by atoms with Gasteiger partial charge in [-0.1, -0.05) is 77.8 Å². The summed E-state index contributed by atoms with van der Waals surface area (Å²) >= 11 is 12.1. The molecule has 0 saturated carbocycles. The Hall–Kier alpha value is -2.28. The van der Waals surface area contributed by atoms with Crippen molar-refractivity contribution in [2.45, 2.75) is 38.0 Å². The number of rotatable bonds is 10. The minimum absolute atomic E-state index is 0. The molecule has 1 amide bonds. The van der Waals surface area contributed by atoms with Crippen molar-refractivity contribution in [2.75, 3.05) is 26.8 Å². The van der Waals surface area contributed by atoms with Crippen molar-refractivity contribution < 1.29 is 14.3 Å². The Morgan fingerprint density at radius 2 is 1.68 bits per heavy atom. The average molecular weight is 564 g/mol. The number of ether oxygens (including phenoxy) is 2. The summed E-state index contributed by atoms with van der Waals surface area (Å²) in [5, 5.41) is 4.42. The van der Waals surface area contributed by atoms with Crippen molar-refractivity contribution in [3.63, 3.8) is 0 Å². The molecule has 198 valence electrons. The van der Waals surface area contributed by atoms with Gasteiger partial charge in [-0.3, -0.25) is 10.1 Å². The van der Waals surface area contributed by atoms with Gasteiger partial charge >= 0.3 is 0 Å². The normalized spacial score (nSPS) is 14.6. The van der Waals surface area contributed by atoms with E-state index in [0.717, 1.165) is 29.7 Å². The number of amides is 1. The minimum atomic E-state index is -0.448. The standard InChI is InChI=1S/C29H32Cl2N2O3.ClH/c1-35-28-10-6-5-9-24(28)23-13-15-33(16-14-23)29(34)27(32-18-21-7-3-2-4-8-21)20-36-19-22-11-12-25(30)26(31)17-22;/h2-12,17,23,27,32H,13-16,18-20H2,1H3;1H/t27-;/m0./s1. The lowest BCUT2D eigenvalue weighted by Gasteiger charge is -2.35. The number of nitrogens with zero attached hydrogens (tertiary/aromatic N) is 1. The number of piperidine rings is 1.